The summed E-state index contributed by atoms with van der Waals surface area (Å²) in [6.45, 7) is 8.77. The number of fused-ring (bicyclic) bond motifs is 1. The molecule has 0 spiro atoms. The fourth-order valence-corrected chi connectivity index (χ4v) is 3.22. The van der Waals surface area contributed by atoms with Gasteiger partial charge in [0, 0.05) is 23.6 Å². The van der Waals surface area contributed by atoms with Crippen molar-refractivity contribution in [3.05, 3.63) is 64.3 Å². The van der Waals surface area contributed by atoms with Crippen LogP contribution in [0.3, 0.4) is 0 Å². The molecular formula is C22H25NO3. The summed E-state index contributed by atoms with van der Waals surface area (Å²) in [6, 6.07) is 12.2. The maximum absolute atomic E-state index is 12.4. The Morgan fingerprint density at radius 3 is 2.58 bits per heavy atom. The molecule has 0 aliphatic rings. The Morgan fingerprint density at radius 1 is 1.08 bits per heavy atom. The zero-order valence-corrected chi connectivity index (χ0v) is 16.1. The Morgan fingerprint density at radius 2 is 1.85 bits per heavy atom. The topological polar surface area (TPSA) is 40.5 Å². The molecule has 1 aromatic heterocycles. The lowest BCUT2D eigenvalue weighted by molar-refractivity contribution is 0.0527. The molecule has 26 heavy (non-hydrogen) atoms. The average molecular weight is 351 g/mol. The summed E-state index contributed by atoms with van der Waals surface area (Å²) in [5.41, 5.74) is 6.09. The number of benzene rings is 2. The molecule has 3 aromatic rings. The predicted molar refractivity (Wildman–Crippen MR) is 104 cm³/mol. The van der Waals surface area contributed by atoms with Gasteiger partial charge in [-0.25, -0.2) is 4.79 Å². The monoisotopic (exact) mass is 351 g/mol. The first-order valence-corrected chi connectivity index (χ1v) is 8.87. The number of aromatic nitrogens is 1. The van der Waals surface area contributed by atoms with Crippen LogP contribution in [0.15, 0.2) is 36.4 Å². The number of ether oxygens (including phenoxy) is 2. The molecule has 1 heterocycles. The largest absolute Gasteiger partial charge is 0.489 e. The normalized spacial score (nSPS) is 11.0. The highest BCUT2D eigenvalue weighted by molar-refractivity contribution is 6.06. The lowest BCUT2D eigenvalue weighted by atomic mass is 10.1. The van der Waals surface area contributed by atoms with Crippen LogP contribution in [0.2, 0.25) is 0 Å². The minimum Gasteiger partial charge on any atom is -0.489 e. The standard InChI is InChI=1S/C22H25NO3/c1-6-25-22(24)21-16(4)23(5)20-10-9-18(12-19(20)21)26-13-17-11-14(2)7-8-15(17)3/h7-12H,6,13H2,1-5H3. The molecule has 0 bridgehead atoms. The van der Waals surface area contributed by atoms with Crippen molar-refractivity contribution >= 4 is 16.9 Å². The second-order valence-electron chi connectivity index (χ2n) is 6.64. The fourth-order valence-electron chi connectivity index (χ4n) is 3.22. The molecule has 3 rings (SSSR count). The summed E-state index contributed by atoms with van der Waals surface area (Å²) in [7, 11) is 1.96. The zero-order chi connectivity index (χ0) is 18.8. The highest BCUT2D eigenvalue weighted by Gasteiger charge is 2.20. The highest BCUT2D eigenvalue weighted by atomic mass is 16.5. The summed E-state index contributed by atoms with van der Waals surface area (Å²) in [4.78, 5) is 12.4. The summed E-state index contributed by atoms with van der Waals surface area (Å²) >= 11 is 0. The number of aryl methyl sites for hydroxylation is 3. The number of carbonyl (C=O) groups excluding carboxylic acids is 1. The first-order valence-electron chi connectivity index (χ1n) is 8.87. The Labute approximate surface area is 154 Å². The van der Waals surface area contributed by atoms with Crippen LogP contribution in [0.5, 0.6) is 5.75 Å². The van der Waals surface area contributed by atoms with Crippen LogP contribution >= 0.6 is 0 Å². The van der Waals surface area contributed by atoms with Gasteiger partial charge in [-0.2, -0.15) is 0 Å². The van der Waals surface area contributed by atoms with Gasteiger partial charge in [-0.15, -0.1) is 0 Å². The second kappa shape index (κ2) is 7.24. The van der Waals surface area contributed by atoms with Crippen molar-refractivity contribution < 1.29 is 14.3 Å². The van der Waals surface area contributed by atoms with Gasteiger partial charge in [-0.1, -0.05) is 23.8 Å². The molecule has 0 amide bonds. The van der Waals surface area contributed by atoms with Crippen LogP contribution in [0.1, 0.15) is 39.7 Å². The lowest BCUT2D eigenvalue weighted by Gasteiger charge is -2.10. The fraction of sp³-hybridized carbons (Fsp3) is 0.318. The Bertz CT molecular complexity index is 969. The number of carbonyl (C=O) groups is 1. The van der Waals surface area contributed by atoms with E-state index in [2.05, 4.69) is 32.0 Å². The molecule has 0 aliphatic heterocycles. The molecular weight excluding hydrogens is 326 g/mol. The molecule has 4 nitrogen and oxygen atoms in total. The maximum Gasteiger partial charge on any atom is 0.340 e. The molecule has 2 aromatic carbocycles. The van der Waals surface area contributed by atoms with Crippen LogP contribution in [0.4, 0.5) is 0 Å². The van der Waals surface area contributed by atoms with E-state index in [0.717, 1.165) is 22.3 Å². The van der Waals surface area contributed by atoms with E-state index in [4.69, 9.17) is 9.47 Å². The third-order valence-corrected chi connectivity index (χ3v) is 4.84. The van der Waals surface area contributed by atoms with Gasteiger partial charge in [0.25, 0.3) is 0 Å². The van der Waals surface area contributed by atoms with Gasteiger partial charge >= 0.3 is 5.97 Å². The first kappa shape index (κ1) is 18.1. The van der Waals surface area contributed by atoms with E-state index in [9.17, 15) is 4.79 Å². The molecule has 0 fully saturated rings. The van der Waals surface area contributed by atoms with Crippen LogP contribution in [-0.4, -0.2) is 17.1 Å². The van der Waals surface area contributed by atoms with Gasteiger partial charge in [0.05, 0.1) is 12.2 Å². The van der Waals surface area contributed by atoms with E-state index in [-0.39, 0.29) is 5.97 Å². The SMILES string of the molecule is CCOC(=O)c1c(C)n(C)c2ccc(OCc3cc(C)ccc3C)cc12. The molecule has 0 N–H and O–H groups in total. The van der Waals surface area contributed by atoms with E-state index in [1.54, 1.807) is 0 Å². The molecule has 136 valence electrons. The van der Waals surface area contributed by atoms with Gasteiger partial charge in [0.2, 0.25) is 0 Å². The van der Waals surface area contributed by atoms with E-state index in [1.807, 2.05) is 43.7 Å². The van der Waals surface area contributed by atoms with Crippen LogP contribution in [-0.2, 0) is 18.4 Å². The average Bonchev–Trinajstić information content (AvgIpc) is 2.86. The van der Waals surface area contributed by atoms with E-state index in [1.165, 1.54) is 16.7 Å². The van der Waals surface area contributed by atoms with Crippen molar-refractivity contribution in [2.75, 3.05) is 6.61 Å². The van der Waals surface area contributed by atoms with Crippen molar-refractivity contribution in [3.63, 3.8) is 0 Å². The quantitative estimate of drug-likeness (QED) is 0.616. The lowest BCUT2D eigenvalue weighted by Crippen LogP contribution is -2.06. The van der Waals surface area contributed by atoms with Gasteiger partial charge in [0.15, 0.2) is 0 Å². The summed E-state index contributed by atoms with van der Waals surface area (Å²) in [5, 5.41) is 0.863. The van der Waals surface area contributed by atoms with E-state index in [0.29, 0.717) is 18.8 Å². The smallest absolute Gasteiger partial charge is 0.340 e. The van der Waals surface area contributed by atoms with E-state index < -0.39 is 0 Å². The number of hydrogen-bond acceptors (Lipinski definition) is 3. The van der Waals surface area contributed by atoms with Crippen LogP contribution in [0.25, 0.3) is 10.9 Å². The highest BCUT2D eigenvalue weighted by Crippen LogP contribution is 2.29. The van der Waals surface area contributed by atoms with Gasteiger partial charge < -0.3 is 14.0 Å². The molecule has 0 unspecified atom stereocenters. The molecule has 0 radical (unpaired) electrons. The molecule has 0 aliphatic carbocycles. The summed E-state index contributed by atoms with van der Waals surface area (Å²) < 4.78 is 13.3. The van der Waals surface area contributed by atoms with Crippen molar-refractivity contribution in [1.82, 2.24) is 4.57 Å². The van der Waals surface area contributed by atoms with Crippen molar-refractivity contribution in [3.8, 4) is 5.75 Å². The van der Waals surface area contributed by atoms with Crippen LogP contribution in [0, 0.1) is 20.8 Å². The minimum atomic E-state index is -0.290. The molecule has 4 heteroatoms. The molecule has 0 atom stereocenters. The third kappa shape index (κ3) is 3.32. The zero-order valence-electron chi connectivity index (χ0n) is 16.1. The maximum atomic E-state index is 12.4. The summed E-state index contributed by atoms with van der Waals surface area (Å²) in [5.74, 6) is 0.455. The number of esters is 1. The first-order chi connectivity index (χ1) is 12.4. The van der Waals surface area contributed by atoms with Gasteiger partial charge in [-0.3, -0.25) is 0 Å². The summed E-state index contributed by atoms with van der Waals surface area (Å²) in [6.07, 6.45) is 0. The van der Waals surface area contributed by atoms with Crippen molar-refractivity contribution in [2.45, 2.75) is 34.3 Å². The van der Waals surface area contributed by atoms with Crippen molar-refractivity contribution in [1.29, 1.82) is 0 Å². The second-order valence-corrected chi connectivity index (χ2v) is 6.64. The number of hydrogen-bond donors (Lipinski definition) is 0. The van der Waals surface area contributed by atoms with E-state index >= 15 is 0 Å². The third-order valence-electron chi connectivity index (χ3n) is 4.84. The predicted octanol–water partition coefficient (Wildman–Crippen LogP) is 4.86. The minimum absolute atomic E-state index is 0.290. The number of rotatable bonds is 5. The van der Waals surface area contributed by atoms with Gasteiger partial charge in [-0.05, 0) is 57.0 Å². The molecule has 0 saturated carbocycles. The van der Waals surface area contributed by atoms with Crippen LogP contribution < -0.4 is 4.74 Å². The molecule has 0 saturated heterocycles. The Hall–Kier alpha value is -2.75. The Kier molecular flexibility index (Phi) is 5.03. The van der Waals surface area contributed by atoms with Gasteiger partial charge in [0.1, 0.15) is 12.4 Å². The Balaban J connectivity index is 1.94. The number of nitrogens with zero attached hydrogens (tertiary/aromatic N) is 1. The van der Waals surface area contributed by atoms with Crippen molar-refractivity contribution in [2.24, 2.45) is 7.05 Å².